The Bertz CT molecular complexity index is 81.3. The van der Waals surface area contributed by atoms with E-state index in [-0.39, 0.29) is 5.54 Å². The minimum absolute atomic E-state index is 0.217. The summed E-state index contributed by atoms with van der Waals surface area (Å²) in [5.74, 6) is 0. The first-order valence-corrected chi connectivity index (χ1v) is 3.95. The second-order valence-electron chi connectivity index (χ2n) is 3.05. The van der Waals surface area contributed by atoms with Gasteiger partial charge in [-0.25, -0.2) is 0 Å². The van der Waals surface area contributed by atoms with Crippen molar-refractivity contribution in [2.45, 2.75) is 39.7 Å². The lowest BCUT2D eigenvalue weighted by atomic mass is 10.0. The summed E-state index contributed by atoms with van der Waals surface area (Å²) in [5, 5.41) is 3.29. The summed E-state index contributed by atoms with van der Waals surface area (Å²) in [6, 6.07) is 0. The zero-order chi connectivity index (χ0) is 8.04. The molecule has 0 atom stereocenters. The molecule has 0 aromatic rings. The monoisotopic (exact) mass is 145 g/mol. The van der Waals surface area contributed by atoms with Gasteiger partial charge in [-0.2, -0.15) is 0 Å². The fourth-order valence-corrected chi connectivity index (χ4v) is 0.473. The van der Waals surface area contributed by atoms with Crippen LogP contribution >= 0.6 is 0 Å². The Morgan fingerprint density at radius 1 is 1.30 bits per heavy atom. The van der Waals surface area contributed by atoms with Gasteiger partial charge in [0.15, 0.2) is 0 Å². The molecule has 0 aliphatic rings. The number of ether oxygens (including phenoxy) is 1. The van der Waals surface area contributed by atoms with Crippen LogP contribution in [0.5, 0.6) is 0 Å². The van der Waals surface area contributed by atoms with Gasteiger partial charge in [0.25, 0.3) is 0 Å². The van der Waals surface area contributed by atoms with E-state index in [1.54, 1.807) is 0 Å². The van der Waals surface area contributed by atoms with E-state index < -0.39 is 0 Å². The van der Waals surface area contributed by atoms with E-state index in [1.165, 1.54) is 0 Å². The van der Waals surface area contributed by atoms with Crippen LogP contribution in [-0.4, -0.2) is 18.9 Å². The highest BCUT2D eigenvalue weighted by Crippen LogP contribution is 2.05. The van der Waals surface area contributed by atoms with Crippen molar-refractivity contribution >= 4 is 0 Å². The molecule has 0 saturated heterocycles. The number of hydrogen-bond acceptors (Lipinski definition) is 2. The van der Waals surface area contributed by atoms with Gasteiger partial charge in [0, 0.05) is 12.1 Å². The predicted molar refractivity (Wildman–Crippen MR) is 44.0 cm³/mol. The van der Waals surface area contributed by atoms with E-state index in [4.69, 9.17) is 4.74 Å². The summed E-state index contributed by atoms with van der Waals surface area (Å²) in [7, 11) is 0. The van der Waals surface area contributed by atoms with Gasteiger partial charge in [-0.15, -0.1) is 0 Å². The van der Waals surface area contributed by atoms with E-state index in [9.17, 15) is 0 Å². The summed E-state index contributed by atoms with van der Waals surface area (Å²) in [4.78, 5) is 0. The molecule has 10 heavy (non-hydrogen) atoms. The van der Waals surface area contributed by atoms with E-state index in [0.717, 1.165) is 13.0 Å². The Kier molecular flexibility index (Phi) is 4.65. The van der Waals surface area contributed by atoms with Gasteiger partial charge in [-0.1, -0.05) is 6.92 Å². The second kappa shape index (κ2) is 4.69. The smallest absolute Gasteiger partial charge is 0.0969 e. The third-order valence-corrected chi connectivity index (χ3v) is 1.74. The summed E-state index contributed by atoms with van der Waals surface area (Å²) >= 11 is 0. The lowest BCUT2D eigenvalue weighted by Gasteiger charge is -2.24. The molecule has 0 aromatic heterocycles. The zero-order valence-corrected chi connectivity index (χ0v) is 7.53. The van der Waals surface area contributed by atoms with Crippen LogP contribution in [0.4, 0.5) is 0 Å². The van der Waals surface area contributed by atoms with Crippen LogP contribution in [0, 0.1) is 0 Å². The van der Waals surface area contributed by atoms with Crippen molar-refractivity contribution in [1.82, 2.24) is 5.32 Å². The average molecular weight is 145 g/mol. The van der Waals surface area contributed by atoms with Crippen molar-refractivity contribution < 1.29 is 4.74 Å². The summed E-state index contributed by atoms with van der Waals surface area (Å²) < 4.78 is 5.16. The van der Waals surface area contributed by atoms with Crippen LogP contribution < -0.4 is 5.32 Å². The van der Waals surface area contributed by atoms with Crippen molar-refractivity contribution in [1.29, 1.82) is 0 Å². The molecule has 0 aliphatic heterocycles. The van der Waals surface area contributed by atoms with Gasteiger partial charge in [0.2, 0.25) is 0 Å². The lowest BCUT2D eigenvalue weighted by Crippen LogP contribution is -2.39. The molecule has 62 valence electrons. The minimum atomic E-state index is 0.217. The van der Waals surface area contributed by atoms with Crippen molar-refractivity contribution in [3.05, 3.63) is 0 Å². The van der Waals surface area contributed by atoms with Gasteiger partial charge < -0.3 is 4.74 Å². The van der Waals surface area contributed by atoms with Gasteiger partial charge in [-0.3, -0.25) is 5.32 Å². The Labute approximate surface area is 64.0 Å². The summed E-state index contributed by atoms with van der Waals surface area (Å²) in [6.45, 7) is 9.96. The first-order chi connectivity index (χ1) is 4.62. The van der Waals surface area contributed by atoms with Crippen molar-refractivity contribution in [3.8, 4) is 0 Å². The minimum Gasteiger partial charge on any atom is -0.367 e. The molecule has 2 heteroatoms. The Balaban J connectivity index is 3.28. The maximum Gasteiger partial charge on any atom is 0.0969 e. The molecule has 2 nitrogen and oxygen atoms in total. The molecule has 0 amide bonds. The topological polar surface area (TPSA) is 21.3 Å². The van der Waals surface area contributed by atoms with Crippen LogP contribution in [0.25, 0.3) is 0 Å². The fraction of sp³-hybridized carbons (Fsp3) is 1.00. The molecule has 0 unspecified atom stereocenters. The molecule has 0 bridgehead atoms. The second-order valence-corrected chi connectivity index (χ2v) is 3.05. The summed E-state index contributed by atoms with van der Waals surface area (Å²) in [5.41, 5.74) is 0.217. The van der Waals surface area contributed by atoms with Gasteiger partial charge in [0.1, 0.15) is 0 Å². The number of rotatable bonds is 5. The maximum absolute atomic E-state index is 5.16. The van der Waals surface area contributed by atoms with Crippen LogP contribution in [-0.2, 0) is 4.74 Å². The molecule has 0 heterocycles. The fourth-order valence-electron chi connectivity index (χ4n) is 0.473. The molecule has 0 radical (unpaired) electrons. The molecule has 0 rings (SSSR count). The van der Waals surface area contributed by atoms with Crippen LogP contribution in [0.3, 0.4) is 0 Å². The average Bonchev–Trinajstić information content (AvgIpc) is 1.89. The first kappa shape index (κ1) is 9.92. The maximum atomic E-state index is 5.16. The van der Waals surface area contributed by atoms with E-state index in [2.05, 4.69) is 26.1 Å². The molecular weight excluding hydrogens is 126 g/mol. The normalized spacial score (nSPS) is 12.0. The standard InChI is InChI=1S/C8H19NO/c1-5-8(3,4)9-7-10-6-2/h9H,5-7H2,1-4H3. The number of hydrogen-bond donors (Lipinski definition) is 1. The molecule has 0 aliphatic carbocycles. The number of nitrogens with one attached hydrogen (secondary N) is 1. The SMILES string of the molecule is CCOCNC(C)(C)CC. The van der Waals surface area contributed by atoms with E-state index >= 15 is 0 Å². The quantitative estimate of drug-likeness (QED) is 0.470. The molecule has 0 spiro atoms. The Morgan fingerprint density at radius 3 is 2.30 bits per heavy atom. The first-order valence-electron chi connectivity index (χ1n) is 3.95. The van der Waals surface area contributed by atoms with Gasteiger partial charge in [0.05, 0.1) is 6.73 Å². The van der Waals surface area contributed by atoms with E-state index in [0.29, 0.717) is 6.73 Å². The highest BCUT2D eigenvalue weighted by molar-refractivity contribution is 4.72. The predicted octanol–water partition coefficient (Wildman–Crippen LogP) is 1.76. The molecule has 0 saturated carbocycles. The van der Waals surface area contributed by atoms with Crippen molar-refractivity contribution in [2.24, 2.45) is 0 Å². The Morgan fingerprint density at radius 2 is 1.90 bits per heavy atom. The van der Waals surface area contributed by atoms with Crippen LogP contribution in [0.15, 0.2) is 0 Å². The highest BCUT2D eigenvalue weighted by atomic mass is 16.5. The van der Waals surface area contributed by atoms with Crippen LogP contribution in [0.2, 0.25) is 0 Å². The third kappa shape index (κ3) is 4.77. The summed E-state index contributed by atoms with van der Waals surface area (Å²) in [6.07, 6.45) is 1.13. The molecule has 1 N–H and O–H groups in total. The highest BCUT2D eigenvalue weighted by Gasteiger charge is 2.12. The third-order valence-electron chi connectivity index (χ3n) is 1.74. The molecular formula is C8H19NO. The molecule has 0 fully saturated rings. The van der Waals surface area contributed by atoms with Gasteiger partial charge >= 0.3 is 0 Å². The van der Waals surface area contributed by atoms with Crippen molar-refractivity contribution in [3.63, 3.8) is 0 Å². The zero-order valence-electron chi connectivity index (χ0n) is 7.53. The van der Waals surface area contributed by atoms with Crippen LogP contribution in [0.1, 0.15) is 34.1 Å². The molecule has 0 aromatic carbocycles. The van der Waals surface area contributed by atoms with Crippen molar-refractivity contribution in [2.75, 3.05) is 13.3 Å². The van der Waals surface area contributed by atoms with Gasteiger partial charge in [-0.05, 0) is 27.2 Å². The largest absolute Gasteiger partial charge is 0.367 e. The van der Waals surface area contributed by atoms with E-state index in [1.807, 2.05) is 6.92 Å². The lowest BCUT2D eigenvalue weighted by molar-refractivity contribution is 0.105. The Hall–Kier alpha value is -0.0800.